The van der Waals surface area contributed by atoms with Gasteiger partial charge in [0.2, 0.25) is 0 Å². The van der Waals surface area contributed by atoms with Crippen LogP contribution in [0.2, 0.25) is 0 Å². The molecule has 1 atom stereocenters. The molecule has 1 nitrogen and oxygen atoms in total. The molecule has 0 amide bonds. The highest BCUT2D eigenvalue weighted by molar-refractivity contribution is 8.10. The van der Waals surface area contributed by atoms with E-state index >= 15 is 0 Å². The molecule has 1 aliphatic rings. The smallest absolute Gasteiger partial charge is 0.123 e. The second kappa shape index (κ2) is 2.64. The lowest BCUT2D eigenvalue weighted by atomic mass is 10.3. The number of thiol groups is 1. The molecule has 1 heterocycles. The molecule has 58 valence electrons. The lowest BCUT2D eigenvalue weighted by molar-refractivity contribution is 1.07. The molecule has 1 unspecified atom stereocenters. The molecule has 1 aromatic carbocycles. The van der Waals surface area contributed by atoms with Gasteiger partial charge in [0.05, 0.1) is 5.69 Å². The number of benzene rings is 1. The first-order valence-corrected chi connectivity index (χ1v) is 4.85. The summed E-state index contributed by atoms with van der Waals surface area (Å²) in [5.41, 5.74) is 1.29. The molecule has 1 aromatic rings. The number of thioether (sulfide) groups is 1. The number of para-hydroxylation sites is 1. The second-order valence-corrected chi connectivity index (χ2v) is 4.48. The van der Waals surface area contributed by atoms with Gasteiger partial charge in [-0.15, -0.1) is 12.6 Å². The Bertz CT molecular complexity index is 275. The summed E-state index contributed by atoms with van der Waals surface area (Å²) >= 11 is 6.21. The fourth-order valence-electron chi connectivity index (χ4n) is 1.16. The third-order valence-corrected chi connectivity index (χ3v) is 3.60. The Morgan fingerprint density at radius 3 is 2.91 bits per heavy atom. The number of nitrogens with zero attached hydrogens (tertiary/aromatic N) is 1. The van der Waals surface area contributed by atoms with Crippen molar-refractivity contribution in [2.24, 2.45) is 0 Å². The average Bonchev–Trinajstić information content (AvgIpc) is 2.30. The average molecular weight is 183 g/mol. The zero-order valence-electron chi connectivity index (χ0n) is 6.19. The van der Waals surface area contributed by atoms with Crippen molar-refractivity contribution in [3.8, 4) is 0 Å². The molecule has 11 heavy (non-hydrogen) atoms. The first kappa shape index (κ1) is 7.37. The van der Waals surface area contributed by atoms with Crippen LogP contribution >= 0.6 is 24.4 Å². The van der Waals surface area contributed by atoms with Gasteiger partial charge < -0.3 is 4.90 Å². The molecule has 0 saturated heterocycles. The van der Waals surface area contributed by atoms with Crippen molar-refractivity contribution in [1.29, 1.82) is 0 Å². The van der Waals surface area contributed by atoms with Crippen LogP contribution in [0.15, 0.2) is 29.2 Å². The maximum absolute atomic E-state index is 4.42. The number of anilines is 1. The van der Waals surface area contributed by atoms with Crippen molar-refractivity contribution in [2.75, 3.05) is 11.9 Å². The highest BCUT2D eigenvalue weighted by Gasteiger charge is 2.22. The minimum atomic E-state index is 0.285. The van der Waals surface area contributed by atoms with Gasteiger partial charge in [0.1, 0.15) is 4.71 Å². The van der Waals surface area contributed by atoms with E-state index in [9.17, 15) is 0 Å². The van der Waals surface area contributed by atoms with Gasteiger partial charge in [-0.2, -0.15) is 0 Å². The van der Waals surface area contributed by atoms with Crippen molar-refractivity contribution in [3.63, 3.8) is 0 Å². The van der Waals surface area contributed by atoms with E-state index in [1.807, 2.05) is 0 Å². The maximum Gasteiger partial charge on any atom is 0.123 e. The molecule has 0 bridgehead atoms. The largest absolute Gasteiger partial charge is 0.353 e. The van der Waals surface area contributed by atoms with E-state index in [0.29, 0.717) is 0 Å². The zero-order valence-corrected chi connectivity index (χ0v) is 7.90. The molecule has 2 rings (SSSR count). The summed E-state index contributed by atoms with van der Waals surface area (Å²) in [6, 6.07) is 8.37. The summed E-state index contributed by atoms with van der Waals surface area (Å²) in [6.45, 7) is 0. The second-order valence-electron chi connectivity index (χ2n) is 2.52. The third kappa shape index (κ3) is 1.12. The van der Waals surface area contributed by atoms with E-state index in [0.717, 1.165) is 0 Å². The van der Waals surface area contributed by atoms with Crippen molar-refractivity contribution in [2.45, 2.75) is 9.60 Å². The normalized spacial score (nSPS) is 22.0. The molecular formula is C8H9NS2. The van der Waals surface area contributed by atoms with E-state index in [-0.39, 0.29) is 4.71 Å². The van der Waals surface area contributed by atoms with Gasteiger partial charge in [-0.1, -0.05) is 23.9 Å². The Hall–Kier alpha value is -0.280. The van der Waals surface area contributed by atoms with Crippen LogP contribution in [0, 0.1) is 0 Å². The quantitative estimate of drug-likeness (QED) is 0.615. The number of fused-ring (bicyclic) bond motifs is 1. The van der Waals surface area contributed by atoms with Crippen molar-refractivity contribution >= 4 is 30.1 Å². The minimum absolute atomic E-state index is 0.285. The zero-order chi connectivity index (χ0) is 7.84. The van der Waals surface area contributed by atoms with Crippen molar-refractivity contribution in [3.05, 3.63) is 24.3 Å². The van der Waals surface area contributed by atoms with Gasteiger partial charge in [0, 0.05) is 11.9 Å². The third-order valence-electron chi connectivity index (χ3n) is 1.81. The molecule has 3 heteroatoms. The SMILES string of the molecule is CN1c2ccccc2SC1S. The van der Waals surface area contributed by atoms with Crippen LogP contribution in [0.5, 0.6) is 0 Å². The van der Waals surface area contributed by atoms with Crippen molar-refractivity contribution < 1.29 is 0 Å². The molecule has 0 aliphatic carbocycles. The van der Waals surface area contributed by atoms with Gasteiger partial charge in [-0.05, 0) is 12.1 Å². The van der Waals surface area contributed by atoms with Crippen LogP contribution < -0.4 is 4.90 Å². The molecule has 0 N–H and O–H groups in total. The van der Waals surface area contributed by atoms with E-state index in [1.54, 1.807) is 11.8 Å². The van der Waals surface area contributed by atoms with Gasteiger partial charge in [-0.25, -0.2) is 0 Å². The summed E-state index contributed by atoms with van der Waals surface area (Å²) in [6.07, 6.45) is 0. The highest BCUT2D eigenvalue weighted by Crippen LogP contribution is 2.43. The van der Waals surface area contributed by atoms with Crippen LogP contribution in [-0.2, 0) is 0 Å². The number of hydrogen-bond donors (Lipinski definition) is 1. The summed E-state index contributed by atoms with van der Waals surface area (Å²) in [7, 11) is 2.07. The van der Waals surface area contributed by atoms with Gasteiger partial charge in [0.25, 0.3) is 0 Å². The Morgan fingerprint density at radius 2 is 2.18 bits per heavy atom. The molecule has 0 saturated carbocycles. The molecule has 0 radical (unpaired) electrons. The summed E-state index contributed by atoms with van der Waals surface area (Å²) < 4.78 is 0.285. The molecular weight excluding hydrogens is 174 g/mol. The van der Waals surface area contributed by atoms with Gasteiger partial charge in [0.15, 0.2) is 0 Å². The standard InChI is InChI=1S/C8H9NS2/c1-9-6-4-2-3-5-7(6)11-8(9)10/h2-5,8,10H,1H3. The molecule has 0 spiro atoms. The number of rotatable bonds is 0. The summed E-state index contributed by atoms with van der Waals surface area (Å²) in [5.74, 6) is 0. The Labute approximate surface area is 76.2 Å². The highest BCUT2D eigenvalue weighted by atomic mass is 32.2. The van der Waals surface area contributed by atoms with Gasteiger partial charge in [-0.3, -0.25) is 0 Å². The summed E-state index contributed by atoms with van der Waals surface area (Å²) in [4.78, 5) is 3.50. The monoisotopic (exact) mass is 183 g/mol. The predicted molar refractivity (Wildman–Crippen MR) is 53.5 cm³/mol. The molecule has 0 aromatic heterocycles. The van der Waals surface area contributed by atoms with E-state index in [1.165, 1.54) is 10.6 Å². The van der Waals surface area contributed by atoms with E-state index < -0.39 is 0 Å². The fraction of sp³-hybridized carbons (Fsp3) is 0.250. The van der Waals surface area contributed by atoms with Crippen LogP contribution in [0.25, 0.3) is 0 Å². The minimum Gasteiger partial charge on any atom is -0.353 e. The van der Waals surface area contributed by atoms with Crippen LogP contribution in [-0.4, -0.2) is 11.8 Å². The Morgan fingerprint density at radius 1 is 1.45 bits per heavy atom. The van der Waals surface area contributed by atoms with Gasteiger partial charge >= 0.3 is 0 Å². The molecule has 1 aliphatic heterocycles. The molecule has 0 fully saturated rings. The van der Waals surface area contributed by atoms with Crippen LogP contribution in [0.4, 0.5) is 5.69 Å². The van der Waals surface area contributed by atoms with Crippen LogP contribution in [0.1, 0.15) is 0 Å². The first-order valence-electron chi connectivity index (χ1n) is 3.45. The maximum atomic E-state index is 4.42. The number of hydrogen-bond acceptors (Lipinski definition) is 3. The predicted octanol–water partition coefficient (Wildman–Crippen LogP) is 2.44. The Balaban J connectivity index is 2.47. The lowest BCUT2D eigenvalue weighted by Crippen LogP contribution is -2.18. The Kier molecular flexibility index (Phi) is 1.77. The van der Waals surface area contributed by atoms with Crippen LogP contribution in [0.3, 0.4) is 0 Å². The lowest BCUT2D eigenvalue weighted by Gasteiger charge is -2.15. The van der Waals surface area contributed by atoms with E-state index in [2.05, 4.69) is 48.8 Å². The van der Waals surface area contributed by atoms with Crippen molar-refractivity contribution in [1.82, 2.24) is 0 Å². The fourth-order valence-corrected chi connectivity index (χ4v) is 2.61. The summed E-state index contributed by atoms with van der Waals surface area (Å²) in [5, 5.41) is 0. The van der Waals surface area contributed by atoms with E-state index in [4.69, 9.17) is 0 Å². The topological polar surface area (TPSA) is 3.24 Å². The first-order chi connectivity index (χ1) is 5.29.